The van der Waals surface area contributed by atoms with Gasteiger partial charge in [0.25, 0.3) is 0 Å². The van der Waals surface area contributed by atoms with Gasteiger partial charge in [-0.25, -0.2) is 0 Å². The van der Waals surface area contributed by atoms with E-state index in [-0.39, 0.29) is 0 Å². The van der Waals surface area contributed by atoms with E-state index in [0.29, 0.717) is 5.92 Å². The highest BCUT2D eigenvalue weighted by Crippen LogP contribution is 2.42. The second-order valence-electron chi connectivity index (χ2n) is 5.79. The van der Waals surface area contributed by atoms with Gasteiger partial charge in [-0.15, -0.1) is 0 Å². The van der Waals surface area contributed by atoms with Gasteiger partial charge in [0.2, 0.25) is 0 Å². The predicted molar refractivity (Wildman–Crippen MR) is 83.4 cm³/mol. The van der Waals surface area contributed by atoms with Crippen LogP contribution in [0, 0.1) is 11.8 Å². The molecule has 1 aliphatic rings. The lowest BCUT2D eigenvalue weighted by atomic mass is 9.73. The first kappa shape index (κ1) is 15.0. The molecule has 0 spiro atoms. The van der Waals surface area contributed by atoms with E-state index in [0.717, 1.165) is 31.5 Å². The van der Waals surface area contributed by atoms with Crippen molar-refractivity contribution in [3.8, 4) is 0 Å². The molecule has 1 aliphatic carbocycles. The molecule has 0 aliphatic heterocycles. The molecule has 3 atom stereocenters. The second-order valence-corrected chi connectivity index (χ2v) is 6.64. The number of hydrogen-bond acceptors (Lipinski definition) is 2. The van der Waals surface area contributed by atoms with E-state index in [1.165, 1.54) is 29.4 Å². The summed E-state index contributed by atoms with van der Waals surface area (Å²) in [6.45, 7) is 9.90. The maximum absolute atomic E-state index is 4.50. The molecule has 1 fully saturated rings. The Labute approximate surface area is 125 Å². The van der Waals surface area contributed by atoms with Crippen LogP contribution in [0.1, 0.15) is 51.6 Å². The minimum absolute atomic E-state index is 0.639. The van der Waals surface area contributed by atoms with Crippen LogP contribution in [0.3, 0.4) is 0 Å². The highest BCUT2D eigenvalue weighted by Gasteiger charge is 2.32. The van der Waals surface area contributed by atoms with Crippen LogP contribution >= 0.6 is 15.9 Å². The Bertz CT molecular complexity index is 400. The van der Waals surface area contributed by atoms with E-state index in [4.69, 9.17) is 0 Å². The average molecular weight is 328 g/mol. The van der Waals surface area contributed by atoms with Crippen molar-refractivity contribution in [1.82, 2.24) is 15.1 Å². The van der Waals surface area contributed by atoms with Crippen molar-refractivity contribution in [2.75, 3.05) is 13.1 Å². The summed E-state index contributed by atoms with van der Waals surface area (Å²) < 4.78 is 3.36. The van der Waals surface area contributed by atoms with E-state index in [9.17, 15) is 0 Å². The topological polar surface area (TPSA) is 29.9 Å². The number of nitrogens with one attached hydrogen (secondary N) is 1. The van der Waals surface area contributed by atoms with Gasteiger partial charge < -0.3 is 5.32 Å². The van der Waals surface area contributed by atoms with E-state index >= 15 is 0 Å². The summed E-state index contributed by atoms with van der Waals surface area (Å²) >= 11 is 3.71. The van der Waals surface area contributed by atoms with Crippen molar-refractivity contribution in [3.63, 3.8) is 0 Å². The number of aryl methyl sites for hydroxylation is 1. The molecule has 1 aromatic rings. The van der Waals surface area contributed by atoms with E-state index in [1.54, 1.807) is 0 Å². The fourth-order valence-corrected chi connectivity index (χ4v) is 3.94. The highest BCUT2D eigenvalue weighted by atomic mass is 79.9. The Kier molecular flexibility index (Phi) is 5.46. The van der Waals surface area contributed by atoms with E-state index in [1.807, 2.05) is 6.20 Å². The molecular formula is C15H26BrN3. The normalized spacial score (nSPS) is 27.7. The monoisotopic (exact) mass is 327 g/mol. The van der Waals surface area contributed by atoms with Crippen molar-refractivity contribution < 1.29 is 0 Å². The molecule has 2 rings (SSSR count). The van der Waals surface area contributed by atoms with Crippen LogP contribution in [0.2, 0.25) is 0 Å². The van der Waals surface area contributed by atoms with Crippen LogP contribution in [0.15, 0.2) is 10.7 Å². The van der Waals surface area contributed by atoms with Crippen LogP contribution in [0.4, 0.5) is 0 Å². The van der Waals surface area contributed by atoms with Gasteiger partial charge in [-0.1, -0.05) is 20.3 Å². The van der Waals surface area contributed by atoms with Crippen LogP contribution in [0.5, 0.6) is 0 Å². The Hall–Kier alpha value is -0.350. The molecule has 19 heavy (non-hydrogen) atoms. The number of rotatable bonds is 5. The highest BCUT2D eigenvalue weighted by molar-refractivity contribution is 9.10. The number of nitrogens with zero attached hydrogens (tertiary/aromatic N) is 2. The largest absolute Gasteiger partial charge is 0.317 e. The second kappa shape index (κ2) is 6.89. The molecule has 0 bridgehead atoms. The molecule has 0 saturated heterocycles. The third-order valence-electron chi connectivity index (χ3n) is 4.40. The lowest BCUT2D eigenvalue weighted by Crippen LogP contribution is -2.32. The van der Waals surface area contributed by atoms with Crippen LogP contribution in [-0.2, 0) is 6.54 Å². The molecule has 3 unspecified atom stereocenters. The fraction of sp³-hybridized carbons (Fsp3) is 0.800. The Morgan fingerprint density at radius 3 is 2.89 bits per heavy atom. The maximum Gasteiger partial charge on any atom is 0.0635 e. The zero-order valence-corrected chi connectivity index (χ0v) is 13.9. The first-order chi connectivity index (χ1) is 9.17. The molecule has 0 radical (unpaired) electrons. The van der Waals surface area contributed by atoms with Crippen molar-refractivity contribution in [2.24, 2.45) is 11.8 Å². The van der Waals surface area contributed by atoms with E-state index in [2.05, 4.69) is 51.8 Å². The maximum atomic E-state index is 4.50. The van der Waals surface area contributed by atoms with Gasteiger partial charge >= 0.3 is 0 Å². The Morgan fingerprint density at radius 1 is 1.42 bits per heavy atom. The Morgan fingerprint density at radius 2 is 2.21 bits per heavy atom. The minimum Gasteiger partial charge on any atom is -0.317 e. The van der Waals surface area contributed by atoms with Gasteiger partial charge in [-0.05, 0) is 60.6 Å². The molecule has 108 valence electrons. The predicted octanol–water partition coefficient (Wildman–Crippen LogP) is 3.79. The summed E-state index contributed by atoms with van der Waals surface area (Å²) in [7, 11) is 0. The summed E-state index contributed by atoms with van der Waals surface area (Å²) in [6, 6.07) is 0. The van der Waals surface area contributed by atoms with Crippen LogP contribution in [0.25, 0.3) is 0 Å². The summed E-state index contributed by atoms with van der Waals surface area (Å²) in [5.74, 6) is 2.21. The molecular weight excluding hydrogens is 302 g/mol. The number of aromatic nitrogens is 2. The van der Waals surface area contributed by atoms with E-state index < -0.39 is 0 Å². The lowest BCUT2D eigenvalue weighted by molar-refractivity contribution is 0.233. The molecule has 4 heteroatoms. The third-order valence-corrected chi connectivity index (χ3v) is 5.01. The summed E-state index contributed by atoms with van der Waals surface area (Å²) in [5, 5.41) is 8.04. The Balaban J connectivity index is 2.23. The quantitative estimate of drug-likeness (QED) is 0.891. The smallest absolute Gasteiger partial charge is 0.0635 e. The van der Waals surface area contributed by atoms with Crippen molar-refractivity contribution in [3.05, 3.63) is 16.4 Å². The number of hydrogen-bond donors (Lipinski definition) is 1. The van der Waals surface area contributed by atoms with Crippen molar-refractivity contribution in [2.45, 2.75) is 52.5 Å². The zero-order valence-electron chi connectivity index (χ0n) is 12.3. The molecule has 1 aromatic heterocycles. The van der Waals surface area contributed by atoms with Gasteiger partial charge in [0, 0.05) is 12.5 Å². The molecule has 1 N–H and O–H groups in total. The average Bonchev–Trinajstić information content (AvgIpc) is 2.78. The summed E-state index contributed by atoms with van der Waals surface area (Å²) in [5.41, 5.74) is 1.41. The molecule has 1 heterocycles. The van der Waals surface area contributed by atoms with Crippen LogP contribution < -0.4 is 5.32 Å². The first-order valence-corrected chi connectivity index (χ1v) is 8.38. The van der Waals surface area contributed by atoms with Gasteiger partial charge in [0.15, 0.2) is 0 Å². The van der Waals surface area contributed by atoms with Crippen molar-refractivity contribution in [1.29, 1.82) is 0 Å². The van der Waals surface area contributed by atoms with Gasteiger partial charge in [0.1, 0.15) is 0 Å². The van der Waals surface area contributed by atoms with Crippen LogP contribution in [-0.4, -0.2) is 22.9 Å². The molecule has 0 aromatic carbocycles. The summed E-state index contributed by atoms with van der Waals surface area (Å²) in [6.07, 6.45) is 5.95. The first-order valence-electron chi connectivity index (χ1n) is 7.59. The number of halogens is 1. The van der Waals surface area contributed by atoms with Gasteiger partial charge in [-0.2, -0.15) is 5.10 Å². The summed E-state index contributed by atoms with van der Waals surface area (Å²) in [4.78, 5) is 0. The lowest BCUT2D eigenvalue weighted by Gasteiger charge is -2.35. The SMILES string of the molecule is CCNCC1CCC(C)CC1c1c(Br)cnn1CC. The zero-order chi connectivity index (χ0) is 13.8. The third kappa shape index (κ3) is 3.40. The standard InChI is InChI=1S/C15H26BrN3/c1-4-17-9-12-7-6-11(3)8-13(12)15-14(16)10-18-19(15)5-2/h10-13,17H,4-9H2,1-3H3. The van der Waals surface area contributed by atoms with Gasteiger partial charge in [-0.3, -0.25) is 4.68 Å². The minimum atomic E-state index is 0.639. The fourth-order valence-electron chi connectivity index (χ4n) is 3.35. The molecule has 0 amide bonds. The molecule has 3 nitrogen and oxygen atoms in total. The van der Waals surface area contributed by atoms with Crippen molar-refractivity contribution >= 4 is 15.9 Å². The van der Waals surface area contributed by atoms with Gasteiger partial charge in [0.05, 0.1) is 16.4 Å². The molecule has 1 saturated carbocycles.